The molecule has 1 aromatic heterocycles. The quantitative estimate of drug-likeness (QED) is 0.574. The van der Waals surface area contributed by atoms with Crippen molar-refractivity contribution < 1.29 is 22.6 Å². The summed E-state index contributed by atoms with van der Waals surface area (Å²) in [7, 11) is -1.85. The first-order valence-electron chi connectivity index (χ1n) is 9.67. The van der Waals surface area contributed by atoms with Crippen molar-refractivity contribution in [3.8, 4) is 22.8 Å². The van der Waals surface area contributed by atoms with E-state index in [1.54, 1.807) is 31.5 Å². The summed E-state index contributed by atoms with van der Waals surface area (Å²) in [5, 5.41) is 3.70. The molecule has 2 aromatic carbocycles. The number of methoxy groups -OCH3 is 1. The molecular formula is C22H24N2O5S. The molecule has 2 atom stereocenters. The van der Waals surface area contributed by atoms with Crippen LogP contribution in [0.5, 0.6) is 11.5 Å². The van der Waals surface area contributed by atoms with Crippen molar-refractivity contribution in [2.75, 3.05) is 26.6 Å². The zero-order valence-corrected chi connectivity index (χ0v) is 17.7. The van der Waals surface area contributed by atoms with Crippen molar-refractivity contribution in [2.24, 2.45) is 0 Å². The summed E-state index contributed by atoms with van der Waals surface area (Å²) in [6.45, 7) is 1.21. The highest BCUT2D eigenvalue weighted by molar-refractivity contribution is 7.90. The Labute approximate surface area is 176 Å². The number of rotatable bonds is 7. The van der Waals surface area contributed by atoms with Crippen LogP contribution < -0.4 is 9.47 Å². The summed E-state index contributed by atoms with van der Waals surface area (Å²) in [4.78, 5) is 0. The van der Waals surface area contributed by atoms with Crippen LogP contribution in [0, 0.1) is 0 Å². The third-order valence-electron chi connectivity index (χ3n) is 4.99. The monoisotopic (exact) mass is 428 g/mol. The van der Waals surface area contributed by atoms with Crippen LogP contribution in [0.25, 0.3) is 11.3 Å². The minimum absolute atomic E-state index is 0.0361. The van der Waals surface area contributed by atoms with Gasteiger partial charge in [0.05, 0.1) is 26.0 Å². The van der Waals surface area contributed by atoms with Crippen LogP contribution >= 0.6 is 0 Å². The molecule has 0 bridgehead atoms. The second-order valence-corrected chi connectivity index (χ2v) is 9.34. The van der Waals surface area contributed by atoms with Crippen molar-refractivity contribution in [1.29, 1.82) is 0 Å². The molecule has 3 aromatic rings. The van der Waals surface area contributed by atoms with Crippen molar-refractivity contribution in [1.82, 2.24) is 9.78 Å². The lowest BCUT2D eigenvalue weighted by Gasteiger charge is -2.17. The van der Waals surface area contributed by atoms with Crippen molar-refractivity contribution >= 4 is 9.84 Å². The van der Waals surface area contributed by atoms with Gasteiger partial charge in [-0.3, -0.25) is 0 Å². The maximum absolute atomic E-state index is 12.5. The summed E-state index contributed by atoms with van der Waals surface area (Å²) in [5.41, 5.74) is 2.04. The fourth-order valence-corrected chi connectivity index (χ4v) is 4.71. The molecule has 0 aliphatic carbocycles. The zero-order chi connectivity index (χ0) is 21.1. The van der Waals surface area contributed by atoms with Gasteiger partial charge in [0, 0.05) is 30.5 Å². The van der Waals surface area contributed by atoms with Crippen LogP contribution in [-0.2, 0) is 14.6 Å². The van der Waals surface area contributed by atoms with Gasteiger partial charge < -0.3 is 14.2 Å². The maximum atomic E-state index is 12.5. The van der Waals surface area contributed by atoms with E-state index in [2.05, 4.69) is 5.10 Å². The predicted octanol–water partition coefficient (Wildman–Crippen LogP) is 3.32. The fourth-order valence-electron chi connectivity index (χ4n) is 3.55. The smallest absolute Gasteiger partial charge is 0.177 e. The lowest BCUT2D eigenvalue weighted by atomic mass is 10.1. The number of sulfone groups is 1. The van der Waals surface area contributed by atoms with Gasteiger partial charge in [0.25, 0.3) is 0 Å². The number of aromatic nitrogens is 2. The molecular weight excluding hydrogens is 404 g/mol. The van der Waals surface area contributed by atoms with Gasteiger partial charge >= 0.3 is 0 Å². The Balaban J connectivity index is 1.72. The lowest BCUT2D eigenvalue weighted by Crippen LogP contribution is -2.20. The highest BCUT2D eigenvalue weighted by Gasteiger charge is 2.26. The minimum Gasteiger partial charge on any atom is -0.497 e. The van der Waals surface area contributed by atoms with E-state index < -0.39 is 15.2 Å². The molecule has 1 unspecified atom stereocenters. The van der Waals surface area contributed by atoms with E-state index in [9.17, 15) is 8.42 Å². The lowest BCUT2D eigenvalue weighted by molar-refractivity contribution is 0.141. The van der Waals surface area contributed by atoms with Gasteiger partial charge in [-0.15, -0.1) is 0 Å². The van der Waals surface area contributed by atoms with Gasteiger partial charge in [0.15, 0.2) is 15.2 Å². The highest BCUT2D eigenvalue weighted by Crippen LogP contribution is 2.35. The summed E-state index contributed by atoms with van der Waals surface area (Å²) in [6.07, 6.45) is 3.68. The molecule has 7 nitrogen and oxygen atoms in total. The Morgan fingerprint density at radius 1 is 1.17 bits per heavy atom. The number of benzene rings is 2. The van der Waals surface area contributed by atoms with E-state index >= 15 is 0 Å². The molecule has 2 heterocycles. The Bertz CT molecular complexity index is 1110. The van der Waals surface area contributed by atoms with E-state index in [0.717, 1.165) is 12.0 Å². The van der Waals surface area contributed by atoms with Crippen LogP contribution in [0.3, 0.4) is 0 Å². The van der Waals surface area contributed by atoms with Crippen molar-refractivity contribution in [3.63, 3.8) is 0 Å². The predicted molar refractivity (Wildman–Crippen MR) is 113 cm³/mol. The SMILES string of the molecule is COc1ccc(-c2ccn(C(c3ccccc3)S(C)(=O)=O)n2)c(O[C@@H]2CCOC2)c1. The fraction of sp³-hybridized carbons (Fsp3) is 0.318. The largest absolute Gasteiger partial charge is 0.497 e. The number of nitrogens with zero attached hydrogens (tertiary/aromatic N) is 2. The Morgan fingerprint density at radius 3 is 2.63 bits per heavy atom. The minimum atomic E-state index is -3.45. The Hall–Kier alpha value is -2.84. The molecule has 4 rings (SSSR count). The third-order valence-corrected chi connectivity index (χ3v) is 6.28. The summed E-state index contributed by atoms with van der Waals surface area (Å²) in [5.74, 6) is 1.30. The van der Waals surface area contributed by atoms with Gasteiger partial charge in [-0.2, -0.15) is 5.10 Å². The van der Waals surface area contributed by atoms with Crippen LogP contribution in [0.4, 0.5) is 0 Å². The maximum Gasteiger partial charge on any atom is 0.177 e. The van der Waals surface area contributed by atoms with Crippen molar-refractivity contribution in [3.05, 3.63) is 66.4 Å². The molecule has 1 aliphatic rings. The van der Waals surface area contributed by atoms with Gasteiger partial charge in [0.1, 0.15) is 17.6 Å². The van der Waals surface area contributed by atoms with Crippen LogP contribution in [0.1, 0.15) is 17.4 Å². The van der Waals surface area contributed by atoms with E-state index in [1.165, 1.54) is 10.9 Å². The van der Waals surface area contributed by atoms with Gasteiger partial charge in [-0.05, 0) is 23.8 Å². The summed E-state index contributed by atoms with van der Waals surface area (Å²) >= 11 is 0. The normalized spacial score (nSPS) is 17.6. The van der Waals surface area contributed by atoms with Crippen LogP contribution in [0.2, 0.25) is 0 Å². The first-order valence-corrected chi connectivity index (χ1v) is 11.6. The average Bonchev–Trinajstić information content (AvgIpc) is 3.40. The van der Waals surface area contributed by atoms with Crippen molar-refractivity contribution in [2.45, 2.75) is 17.9 Å². The number of hydrogen-bond donors (Lipinski definition) is 0. The standard InChI is InChI=1S/C22H24N2O5S/c1-27-17-8-9-19(21(14-17)29-18-11-13-28-15-18)20-10-12-24(23-20)22(30(2,25)26)16-6-4-3-5-7-16/h3-10,12,14,18,22H,11,13,15H2,1-2H3/t18-,22?/m1/s1. The molecule has 0 saturated carbocycles. The molecule has 1 aliphatic heterocycles. The van der Waals surface area contributed by atoms with E-state index in [1.807, 2.05) is 36.4 Å². The number of hydrogen-bond acceptors (Lipinski definition) is 6. The van der Waals surface area contributed by atoms with Gasteiger partial charge in [0.2, 0.25) is 0 Å². The van der Waals surface area contributed by atoms with E-state index in [-0.39, 0.29) is 6.10 Å². The highest BCUT2D eigenvalue weighted by atomic mass is 32.2. The van der Waals surface area contributed by atoms with Crippen LogP contribution in [0.15, 0.2) is 60.8 Å². The van der Waals surface area contributed by atoms with Gasteiger partial charge in [-0.25, -0.2) is 13.1 Å². The second-order valence-electron chi connectivity index (χ2n) is 7.24. The molecule has 1 fully saturated rings. The molecule has 1 saturated heterocycles. The van der Waals surface area contributed by atoms with E-state index in [0.29, 0.717) is 36.0 Å². The Morgan fingerprint density at radius 2 is 1.97 bits per heavy atom. The van der Waals surface area contributed by atoms with Crippen LogP contribution in [-0.4, -0.2) is 50.9 Å². The molecule has 0 N–H and O–H groups in total. The average molecular weight is 429 g/mol. The van der Waals surface area contributed by atoms with E-state index in [4.69, 9.17) is 14.2 Å². The molecule has 0 radical (unpaired) electrons. The second kappa shape index (κ2) is 8.49. The molecule has 0 spiro atoms. The topological polar surface area (TPSA) is 79.7 Å². The number of ether oxygens (including phenoxy) is 3. The Kier molecular flexibility index (Phi) is 5.78. The van der Waals surface area contributed by atoms with Gasteiger partial charge in [-0.1, -0.05) is 30.3 Å². The summed E-state index contributed by atoms with van der Waals surface area (Å²) < 4.78 is 43.5. The molecule has 158 valence electrons. The third kappa shape index (κ3) is 4.34. The molecule has 30 heavy (non-hydrogen) atoms. The first-order chi connectivity index (χ1) is 14.5. The zero-order valence-electron chi connectivity index (χ0n) is 16.9. The summed E-state index contributed by atoms with van der Waals surface area (Å²) in [6, 6.07) is 16.4. The first kappa shape index (κ1) is 20.4. The molecule has 0 amide bonds. The molecule has 8 heteroatoms.